The summed E-state index contributed by atoms with van der Waals surface area (Å²) in [5, 5.41) is 3.22. The van der Waals surface area contributed by atoms with Crippen molar-refractivity contribution in [3.05, 3.63) is 58.1 Å². The Bertz CT molecular complexity index is 713. The fourth-order valence-corrected chi connectivity index (χ4v) is 2.21. The molecule has 0 bridgehead atoms. The van der Waals surface area contributed by atoms with Crippen LogP contribution in [0.2, 0.25) is 5.02 Å². The summed E-state index contributed by atoms with van der Waals surface area (Å²) >= 11 is 5.80. The summed E-state index contributed by atoms with van der Waals surface area (Å²) in [6.45, 7) is 3.73. The molecule has 4 nitrogen and oxygen atoms in total. The minimum Gasteiger partial charge on any atom is -0.483 e. The summed E-state index contributed by atoms with van der Waals surface area (Å²) in [6, 6.07) is 10.4. The summed E-state index contributed by atoms with van der Waals surface area (Å²) < 4.78 is 5.38. The van der Waals surface area contributed by atoms with Gasteiger partial charge in [-0.2, -0.15) is 0 Å². The average Bonchev–Trinajstić information content (AvgIpc) is 2.48. The standard InChI is InChI=1S/C17H16ClNO3/c1-11-3-5-15(12(2)7-11)19-17(21)10-22-16-6-4-14(18)8-13(16)9-20/h3-9H,10H2,1-2H3,(H,19,21). The van der Waals surface area contributed by atoms with Crippen molar-refractivity contribution in [2.75, 3.05) is 11.9 Å². The number of hydrogen-bond acceptors (Lipinski definition) is 3. The van der Waals surface area contributed by atoms with E-state index in [1.165, 1.54) is 6.07 Å². The lowest BCUT2D eigenvalue weighted by atomic mass is 10.1. The van der Waals surface area contributed by atoms with Gasteiger partial charge in [0.1, 0.15) is 5.75 Å². The predicted molar refractivity (Wildman–Crippen MR) is 86.9 cm³/mol. The number of aryl methyl sites for hydroxylation is 2. The van der Waals surface area contributed by atoms with Crippen LogP contribution < -0.4 is 10.1 Å². The Hall–Kier alpha value is -2.33. The molecule has 114 valence electrons. The van der Waals surface area contributed by atoms with Gasteiger partial charge in [-0.1, -0.05) is 29.3 Å². The smallest absolute Gasteiger partial charge is 0.262 e. The number of anilines is 1. The van der Waals surface area contributed by atoms with Gasteiger partial charge < -0.3 is 10.1 Å². The molecule has 0 aliphatic heterocycles. The van der Waals surface area contributed by atoms with Crippen LogP contribution in [-0.4, -0.2) is 18.8 Å². The lowest BCUT2D eigenvalue weighted by Crippen LogP contribution is -2.21. The van der Waals surface area contributed by atoms with Gasteiger partial charge in [-0.15, -0.1) is 0 Å². The second-order valence-electron chi connectivity index (χ2n) is 4.96. The molecule has 0 aromatic heterocycles. The van der Waals surface area contributed by atoms with E-state index in [4.69, 9.17) is 16.3 Å². The average molecular weight is 318 g/mol. The fourth-order valence-electron chi connectivity index (χ4n) is 2.03. The van der Waals surface area contributed by atoms with Gasteiger partial charge >= 0.3 is 0 Å². The Labute approximate surface area is 134 Å². The molecule has 2 rings (SSSR count). The number of benzene rings is 2. The number of nitrogens with one attached hydrogen (secondary N) is 1. The lowest BCUT2D eigenvalue weighted by molar-refractivity contribution is -0.118. The number of amides is 1. The quantitative estimate of drug-likeness (QED) is 0.854. The number of aldehydes is 1. The van der Waals surface area contributed by atoms with E-state index >= 15 is 0 Å². The summed E-state index contributed by atoms with van der Waals surface area (Å²) in [7, 11) is 0. The molecular weight excluding hydrogens is 302 g/mol. The number of hydrogen-bond donors (Lipinski definition) is 1. The third-order valence-electron chi connectivity index (χ3n) is 3.11. The van der Waals surface area contributed by atoms with E-state index in [2.05, 4.69) is 5.32 Å². The van der Waals surface area contributed by atoms with Crippen LogP contribution in [0.15, 0.2) is 36.4 Å². The highest BCUT2D eigenvalue weighted by atomic mass is 35.5. The lowest BCUT2D eigenvalue weighted by Gasteiger charge is -2.11. The van der Waals surface area contributed by atoms with E-state index < -0.39 is 0 Å². The second kappa shape index (κ2) is 7.09. The molecule has 0 unspecified atom stereocenters. The maximum absolute atomic E-state index is 11.9. The van der Waals surface area contributed by atoms with Crippen LogP contribution in [-0.2, 0) is 4.79 Å². The summed E-state index contributed by atoms with van der Waals surface area (Å²) in [5.41, 5.74) is 3.16. The van der Waals surface area contributed by atoms with Gasteiger partial charge in [0.2, 0.25) is 0 Å². The molecule has 22 heavy (non-hydrogen) atoms. The molecule has 0 atom stereocenters. The summed E-state index contributed by atoms with van der Waals surface area (Å²) in [6.07, 6.45) is 0.642. The van der Waals surface area contributed by atoms with Gasteiger partial charge in [-0.05, 0) is 43.7 Å². The van der Waals surface area contributed by atoms with Gasteiger partial charge in [0, 0.05) is 10.7 Å². The molecule has 0 aliphatic rings. The molecule has 0 saturated carbocycles. The maximum atomic E-state index is 11.9. The van der Waals surface area contributed by atoms with Crippen molar-refractivity contribution >= 4 is 29.5 Å². The molecule has 1 N–H and O–H groups in total. The van der Waals surface area contributed by atoms with Gasteiger partial charge in [-0.3, -0.25) is 9.59 Å². The predicted octanol–water partition coefficient (Wildman–Crippen LogP) is 3.79. The molecule has 2 aromatic rings. The van der Waals surface area contributed by atoms with E-state index in [0.717, 1.165) is 16.8 Å². The second-order valence-corrected chi connectivity index (χ2v) is 5.39. The first-order valence-electron chi connectivity index (χ1n) is 6.74. The Kier molecular flexibility index (Phi) is 5.17. The van der Waals surface area contributed by atoms with Crippen molar-refractivity contribution in [3.63, 3.8) is 0 Å². The highest BCUT2D eigenvalue weighted by Crippen LogP contribution is 2.21. The van der Waals surface area contributed by atoms with Crippen molar-refractivity contribution in [3.8, 4) is 5.75 Å². The van der Waals surface area contributed by atoms with E-state index in [1.807, 2.05) is 32.0 Å². The van der Waals surface area contributed by atoms with Crippen LogP contribution in [0.25, 0.3) is 0 Å². The van der Waals surface area contributed by atoms with Crippen molar-refractivity contribution in [2.45, 2.75) is 13.8 Å². The molecule has 2 aromatic carbocycles. The first kappa shape index (κ1) is 16.0. The van der Waals surface area contributed by atoms with Crippen LogP contribution in [0, 0.1) is 13.8 Å². The van der Waals surface area contributed by atoms with Crippen molar-refractivity contribution < 1.29 is 14.3 Å². The van der Waals surface area contributed by atoms with E-state index in [9.17, 15) is 9.59 Å². The van der Waals surface area contributed by atoms with Gasteiger partial charge in [-0.25, -0.2) is 0 Å². The Morgan fingerprint density at radius 1 is 1.23 bits per heavy atom. The van der Waals surface area contributed by atoms with Crippen molar-refractivity contribution in [2.24, 2.45) is 0 Å². The third kappa shape index (κ3) is 4.09. The Morgan fingerprint density at radius 3 is 2.68 bits per heavy atom. The number of ether oxygens (including phenoxy) is 1. The van der Waals surface area contributed by atoms with Gasteiger partial charge in [0.25, 0.3) is 5.91 Å². The van der Waals surface area contributed by atoms with Crippen LogP contribution in [0.1, 0.15) is 21.5 Å². The van der Waals surface area contributed by atoms with Crippen LogP contribution in [0.3, 0.4) is 0 Å². The summed E-state index contributed by atoms with van der Waals surface area (Å²) in [5.74, 6) is 0.0360. The largest absolute Gasteiger partial charge is 0.483 e. The first-order chi connectivity index (χ1) is 10.5. The van der Waals surface area contributed by atoms with Gasteiger partial charge in [0.15, 0.2) is 12.9 Å². The molecule has 0 radical (unpaired) electrons. The highest BCUT2D eigenvalue weighted by molar-refractivity contribution is 6.30. The van der Waals surface area contributed by atoms with Crippen LogP contribution in [0.4, 0.5) is 5.69 Å². The minimum atomic E-state index is -0.293. The van der Waals surface area contributed by atoms with Crippen LogP contribution in [0.5, 0.6) is 5.75 Å². The summed E-state index contributed by atoms with van der Waals surface area (Å²) in [4.78, 5) is 22.9. The first-order valence-corrected chi connectivity index (χ1v) is 7.12. The van der Waals surface area contributed by atoms with Crippen molar-refractivity contribution in [1.82, 2.24) is 0 Å². The Morgan fingerprint density at radius 2 is 2.00 bits per heavy atom. The SMILES string of the molecule is Cc1ccc(NC(=O)COc2ccc(Cl)cc2C=O)c(C)c1. The highest BCUT2D eigenvalue weighted by Gasteiger charge is 2.09. The number of rotatable bonds is 5. The normalized spacial score (nSPS) is 10.1. The molecule has 0 fully saturated rings. The van der Waals surface area contributed by atoms with Crippen molar-refractivity contribution in [1.29, 1.82) is 0 Å². The molecule has 0 heterocycles. The fraction of sp³-hybridized carbons (Fsp3) is 0.176. The topological polar surface area (TPSA) is 55.4 Å². The van der Waals surface area contributed by atoms with Crippen LogP contribution >= 0.6 is 11.6 Å². The molecule has 1 amide bonds. The van der Waals surface area contributed by atoms with E-state index in [0.29, 0.717) is 22.6 Å². The Balaban J connectivity index is 2.00. The zero-order chi connectivity index (χ0) is 16.1. The monoisotopic (exact) mass is 317 g/mol. The minimum absolute atomic E-state index is 0.185. The molecule has 0 spiro atoms. The molecular formula is C17H16ClNO3. The maximum Gasteiger partial charge on any atom is 0.262 e. The van der Waals surface area contributed by atoms with Gasteiger partial charge in [0.05, 0.1) is 5.56 Å². The molecule has 0 aliphatic carbocycles. The molecule has 5 heteroatoms. The van der Waals surface area contributed by atoms with E-state index in [-0.39, 0.29) is 12.5 Å². The molecule has 0 saturated heterocycles. The zero-order valence-corrected chi connectivity index (χ0v) is 13.1. The van der Waals surface area contributed by atoms with E-state index in [1.54, 1.807) is 12.1 Å². The number of carbonyl (C=O) groups is 2. The third-order valence-corrected chi connectivity index (χ3v) is 3.35. The number of carbonyl (C=O) groups excluding carboxylic acids is 2. The number of halogens is 1. The zero-order valence-electron chi connectivity index (χ0n) is 12.4.